The molecule has 2 heteroatoms. The first kappa shape index (κ1) is 24.8. The van der Waals surface area contributed by atoms with Crippen molar-refractivity contribution in [2.75, 3.05) is 0 Å². The summed E-state index contributed by atoms with van der Waals surface area (Å²) in [4.78, 5) is 0. The summed E-state index contributed by atoms with van der Waals surface area (Å²) in [5.41, 5.74) is 12.7. The second-order valence-corrected chi connectivity index (χ2v) is 13.0. The van der Waals surface area contributed by atoms with Crippen molar-refractivity contribution in [2.24, 2.45) is 0 Å². The van der Waals surface area contributed by atoms with Crippen LogP contribution < -0.4 is 0 Å². The third-order valence-corrected chi connectivity index (χ3v) is 10.3. The number of benzene rings is 7. The fourth-order valence-electron chi connectivity index (χ4n) is 8.30. The smallest absolute Gasteiger partial charge is 0.0626 e. The molecule has 2 nitrogen and oxygen atoms in total. The highest BCUT2D eigenvalue weighted by Crippen LogP contribution is 2.52. The molecule has 45 heavy (non-hydrogen) atoms. The molecule has 0 unspecified atom stereocenters. The van der Waals surface area contributed by atoms with Gasteiger partial charge in [-0.25, -0.2) is 0 Å². The van der Waals surface area contributed by atoms with E-state index in [1.807, 2.05) is 0 Å². The average Bonchev–Trinajstić information content (AvgIpc) is 3.59. The zero-order chi connectivity index (χ0) is 29.9. The van der Waals surface area contributed by atoms with Gasteiger partial charge < -0.3 is 9.13 Å². The zero-order valence-electron chi connectivity index (χ0n) is 25.3. The molecule has 0 atom stereocenters. The van der Waals surface area contributed by atoms with Crippen molar-refractivity contribution < 1.29 is 0 Å². The Morgan fingerprint density at radius 2 is 1.09 bits per heavy atom. The fourth-order valence-corrected chi connectivity index (χ4v) is 8.30. The Kier molecular flexibility index (Phi) is 4.82. The first-order valence-electron chi connectivity index (χ1n) is 15.8. The lowest BCUT2D eigenvalue weighted by atomic mass is 9.68. The average molecular weight is 575 g/mol. The van der Waals surface area contributed by atoms with Crippen LogP contribution in [0.1, 0.15) is 25.0 Å². The molecule has 212 valence electrons. The molecule has 0 N–H and O–H groups in total. The van der Waals surface area contributed by atoms with Crippen molar-refractivity contribution in [2.45, 2.75) is 19.3 Å². The van der Waals surface area contributed by atoms with E-state index in [4.69, 9.17) is 0 Å². The zero-order valence-corrected chi connectivity index (χ0v) is 25.3. The van der Waals surface area contributed by atoms with Crippen molar-refractivity contribution in [1.82, 2.24) is 9.13 Å². The molecule has 0 spiro atoms. The molecule has 0 saturated heterocycles. The maximum Gasteiger partial charge on any atom is 0.0626 e. The molecule has 0 bridgehead atoms. The quantitative estimate of drug-likeness (QED) is 0.194. The lowest BCUT2D eigenvalue weighted by Gasteiger charge is -2.35. The standard InChI is InChI=1S/C43H30N2/c1-43(2)35-19-9-6-18-32(35)41-40-27(13-12-20-36(40)43)25-34-31-17-8-11-22-38(31)45(42(34)41)29-23-24-39-33(26-29)30-16-7-10-21-37(30)44(39)28-14-4-3-5-15-28/h3-26H,1-2H3. The maximum atomic E-state index is 2.53. The van der Waals surface area contributed by atoms with Gasteiger partial charge >= 0.3 is 0 Å². The van der Waals surface area contributed by atoms with Crippen LogP contribution in [0.3, 0.4) is 0 Å². The number of nitrogens with zero attached hydrogens (tertiary/aromatic N) is 2. The van der Waals surface area contributed by atoms with Crippen LogP contribution in [0.4, 0.5) is 0 Å². The third-order valence-electron chi connectivity index (χ3n) is 10.3. The summed E-state index contributed by atoms with van der Waals surface area (Å²) >= 11 is 0. The molecule has 10 rings (SSSR count). The van der Waals surface area contributed by atoms with Crippen LogP contribution >= 0.6 is 0 Å². The summed E-state index contributed by atoms with van der Waals surface area (Å²) < 4.78 is 4.92. The summed E-state index contributed by atoms with van der Waals surface area (Å²) in [6.07, 6.45) is 0. The van der Waals surface area contributed by atoms with Crippen LogP contribution in [0.25, 0.3) is 76.9 Å². The van der Waals surface area contributed by atoms with Gasteiger partial charge in [0.15, 0.2) is 0 Å². The van der Waals surface area contributed by atoms with Gasteiger partial charge in [-0.2, -0.15) is 0 Å². The number of aromatic nitrogens is 2. The predicted octanol–water partition coefficient (Wildman–Crippen LogP) is 11.3. The number of hydrogen-bond donors (Lipinski definition) is 0. The lowest BCUT2D eigenvalue weighted by Crippen LogP contribution is -2.23. The van der Waals surface area contributed by atoms with Gasteiger partial charge in [0.05, 0.1) is 22.1 Å². The van der Waals surface area contributed by atoms with Crippen molar-refractivity contribution in [1.29, 1.82) is 0 Å². The minimum Gasteiger partial charge on any atom is -0.309 e. The first-order valence-corrected chi connectivity index (χ1v) is 15.8. The molecule has 1 aliphatic rings. The summed E-state index contributed by atoms with van der Waals surface area (Å²) in [5.74, 6) is 0. The van der Waals surface area contributed by atoms with Crippen LogP contribution in [0, 0.1) is 0 Å². The highest BCUT2D eigenvalue weighted by Gasteiger charge is 2.35. The number of hydrogen-bond acceptors (Lipinski definition) is 0. The third kappa shape index (κ3) is 3.18. The van der Waals surface area contributed by atoms with E-state index in [0.717, 1.165) is 0 Å². The van der Waals surface area contributed by atoms with Gasteiger partial charge in [-0.3, -0.25) is 0 Å². The van der Waals surface area contributed by atoms with Gasteiger partial charge in [0.2, 0.25) is 0 Å². The van der Waals surface area contributed by atoms with E-state index >= 15 is 0 Å². The van der Waals surface area contributed by atoms with Crippen LogP contribution in [0.2, 0.25) is 0 Å². The molecular formula is C43H30N2. The highest BCUT2D eigenvalue weighted by molar-refractivity contribution is 6.23. The van der Waals surface area contributed by atoms with Gasteiger partial charge in [-0.05, 0) is 76.0 Å². The monoisotopic (exact) mass is 574 g/mol. The topological polar surface area (TPSA) is 9.86 Å². The molecule has 7 aromatic carbocycles. The highest BCUT2D eigenvalue weighted by atomic mass is 15.0. The van der Waals surface area contributed by atoms with Gasteiger partial charge in [0.25, 0.3) is 0 Å². The number of fused-ring (bicyclic) bond motifs is 9. The summed E-state index contributed by atoms with van der Waals surface area (Å²) in [5, 5.41) is 7.79. The van der Waals surface area contributed by atoms with Crippen LogP contribution in [-0.2, 0) is 5.41 Å². The van der Waals surface area contributed by atoms with E-state index in [2.05, 4.69) is 169 Å². The van der Waals surface area contributed by atoms with E-state index < -0.39 is 0 Å². The molecule has 0 radical (unpaired) electrons. The predicted molar refractivity (Wildman–Crippen MR) is 190 cm³/mol. The van der Waals surface area contributed by atoms with Gasteiger partial charge in [-0.1, -0.05) is 111 Å². The Balaban J connectivity index is 1.38. The molecule has 2 heterocycles. The van der Waals surface area contributed by atoms with Crippen LogP contribution in [0.15, 0.2) is 146 Å². The van der Waals surface area contributed by atoms with Crippen molar-refractivity contribution in [3.63, 3.8) is 0 Å². The molecule has 1 aliphatic carbocycles. The van der Waals surface area contributed by atoms with Crippen LogP contribution in [-0.4, -0.2) is 9.13 Å². The Morgan fingerprint density at radius 1 is 0.444 bits per heavy atom. The Morgan fingerprint density at radius 3 is 1.91 bits per heavy atom. The van der Waals surface area contributed by atoms with Gasteiger partial charge in [-0.15, -0.1) is 0 Å². The molecule has 2 aromatic heterocycles. The van der Waals surface area contributed by atoms with Crippen molar-refractivity contribution >= 4 is 54.4 Å². The second-order valence-electron chi connectivity index (χ2n) is 13.0. The molecule has 0 saturated carbocycles. The van der Waals surface area contributed by atoms with E-state index in [-0.39, 0.29) is 5.41 Å². The van der Waals surface area contributed by atoms with E-state index in [1.54, 1.807) is 0 Å². The minimum atomic E-state index is -0.0915. The first-order chi connectivity index (χ1) is 22.1. The summed E-state index contributed by atoms with van der Waals surface area (Å²) in [7, 11) is 0. The normalized spacial score (nSPS) is 13.7. The Hall–Kier alpha value is -5.60. The molecule has 0 aliphatic heterocycles. The van der Waals surface area contributed by atoms with Gasteiger partial charge in [0.1, 0.15) is 0 Å². The molecule has 9 aromatic rings. The minimum absolute atomic E-state index is 0.0915. The van der Waals surface area contributed by atoms with E-state index in [0.29, 0.717) is 0 Å². The molecular weight excluding hydrogens is 544 g/mol. The fraction of sp³-hybridized carbons (Fsp3) is 0.0698. The second kappa shape index (κ2) is 8.74. The number of rotatable bonds is 2. The SMILES string of the molecule is CC1(C)c2ccccc2-c2c3c1cccc3cc1c3ccccc3n(-c3ccc4c(c3)c3ccccc3n4-c3ccccc3)c21. The molecule has 0 fully saturated rings. The lowest BCUT2D eigenvalue weighted by molar-refractivity contribution is 0.645. The van der Waals surface area contributed by atoms with Crippen molar-refractivity contribution in [3.8, 4) is 22.5 Å². The summed E-state index contributed by atoms with van der Waals surface area (Å²) in [6.45, 7) is 4.75. The van der Waals surface area contributed by atoms with E-state index in [9.17, 15) is 0 Å². The van der Waals surface area contributed by atoms with Crippen LogP contribution in [0.5, 0.6) is 0 Å². The number of para-hydroxylation sites is 3. The summed E-state index contributed by atoms with van der Waals surface area (Å²) in [6, 6.07) is 53.8. The molecule has 0 amide bonds. The Labute approximate surface area is 261 Å². The van der Waals surface area contributed by atoms with Crippen molar-refractivity contribution in [3.05, 3.63) is 157 Å². The maximum absolute atomic E-state index is 2.53. The van der Waals surface area contributed by atoms with Gasteiger partial charge in [0, 0.05) is 43.9 Å². The van der Waals surface area contributed by atoms with E-state index in [1.165, 1.54) is 88.0 Å². The Bertz CT molecular complexity index is 2670. The largest absolute Gasteiger partial charge is 0.309 e.